The molecule has 0 fully saturated rings. The van der Waals surface area contributed by atoms with Crippen molar-refractivity contribution < 1.29 is 17.7 Å². The van der Waals surface area contributed by atoms with Crippen LogP contribution in [-0.4, -0.2) is 47.6 Å². The minimum atomic E-state index is -3.09. The zero-order chi connectivity index (χ0) is 15.5. The first-order chi connectivity index (χ1) is 9.89. The first-order valence-corrected chi connectivity index (χ1v) is 8.08. The molecule has 9 nitrogen and oxygen atoms in total. The number of rotatable bonds is 6. The summed E-state index contributed by atoms with van der Waals surface area (Å²) in [5.41, 5.74) is 6.25. The van der Waals surface area contributed by atoms with E-state index in [2.05, 4.69) is 20.1 Å². The molecule has 0 saturated heterocycles. The van der Waals surface area contributed by atoms with E-state index in [4.69, 9.17) is 15.0 Å². The summed E-state index contributed by atoms with van der Waals surface area (Å²) in [5.74, 6) is 0.715. The van der Waals surface area contributed by atoms with Gasteiger partial charge in [-0.2, -0.15) is 4.98 Å². The number of hydrogen-bond acceptors (Lipinski definition) is 9. The maximum absolute atomic E-state index is 11.1. The van der Waals surface area contributed by atoms with E-state index in [0.29, 0.717) is 11.6 Å². The molecule has 0 aromatic carbocycles. The summed E-state index contributed by atoms with van der Waals surface area (Å²) in [6, 6.07) is 0.904. The van der Waals surface area contributed by atoms with E-state index in [1.807, 2.05) is 0 Å². The van der Waals surface area contributed by atoms with E-state index in [1.165, 1.54) is 13.4 Å². The van der Waals surface area contributed by atoms with Gasteiger partial charge in [-0.3, -0.25) is 0 Å². The largest absolute Gasteiger partial charge is 0.481 e. The van der Waals surface area contributed by atoms with E-state index in [1.54, 1.807) is 6.07 Å². The molecule has 0 aliphatic carbocycles. The third-order valence-electron chi connectivity index (χ3n) is 2.64. The summed E-state index contributed by atoms with van der Waals surface area (Å²) in [4.78, 5) is 12.0. The summed E-state index contributed by atoms with van der Waals surface area (Å²) >= 11 is 0. The minimum absolute atomic E-state index is 0.0484. The second kappa shape index (κ2) is 6.14. The van der Waals surface area contributed by atoms with E-state index in [-0.39, 0.29) is 23.9 Å². The Morgan fingerprint density at radius 1 is 1.43 bits per heavy atom. The van der Waals surface area contributed by atoms with Crippen molar-refractivity contribution in [3.63, 3.8) is 0 Å². The Hall–Kier alpha value is -2.07. The van der Waals surface area contributed by atoms with Crippen LogP contribution in [0.5, 0.6) is 5.88 Å². The predicted molar refractivity (Wildman–Crippen MR) is 73.1 cm³/mol. The molecule has 114 valence electrons. The molecule has 2 aromatic heterocycles. The molecule has 1 unspecified atom stereocenters. The number of methoxy groups -OCH3 is 1. The van der Waals surface area contributed by atoms with Gasteiger partial charge in [-0.25, -0.2) is 18.4 Å². The Kier molecular flexibility index (Phi) is 4.48. The summed E-state index contributed by atoms with van der Waals surface area (Å²) in [5, 5.41) is 3.77. The molecule has 0 spiro atoms. The standard InChI is InChI=1S/C11H15N5O4S/c1-19-9-5-8(13-6-14-9)10-15-11(20-16-10)7(12)3-4-21(2,17)18/h5-7H,3-4,12H2,1-2H3. The Balaban J connectivity index is 2.13. The van der Waals surface area contributed by atoms with E-state index in [0.717, 1.165) is 6.26 Å². The van der Waals surface area contributed by atoms with Gasteiger partial charge in [0, 0.05) is 12.3 Å². The molecule has 10 heteroatoms. The van der Waals surface area contributed by atoms with E-state index in [9.17, 15) is 8.42 Å². The Morgan fingerprint density at radius 3 is 2.86 bits per heavy atom. The second-order valence-electron chi connectivity index (χ2n) is 4.43. The molecule has 0 aliphatic rings. The van der Waals surface area contributed by atoms with Crippen LogP contribution in [0.3, 0.4) is 0 Å². The van der Waals surface area contributed by atoms with Gasteiger partial charge in [-0.05, 0) is 6.42 Å². The van der Waals surface area contributed by atoms with Crippen molar-refractivity contribution in [2.75, 3.05) is 19.1 Å². The fourth-order valence-corrected chi connectivity index (χ4v) is 2.21. The van der Waals surface area contributed by atoms with Crippen molar-refractivity contribution in [1.82, 2.24) is 20.1 Å². The molecule has 1 atom stereocenters. The minimum Gasteiger partial charge on any atom is -0.481 e. The van der Waals surface area contributed by atoms with Gasteiger partial charge in [0.05, 0.1) is 18.9 Å². The van der Waals surface area contributed by atoms with Gasteiger partial charge in [0.1, 0.15) is 21.9 Å². The van der Waals surface area contributed by atoms with Crippen molar-refractivity contribution in [3.8, 4) is 17.4 Å². The first kappa shape index (κ1) is 15.3. The molecule has 0 radical (unpaired) electrons. The molecule has 0 saturated carbocycles. The lowest BCUT2D eigenvalue weighted by Crippen LogP contribution is -2.16. The number of nitrogens with two attached hydrogens (primary N) is 1. The van der Waals surface area contributed by atoms with Crippen LogP contribution in [0.2, 0.25) is 0 Å². The van der Waals surface area contributed by atoms with E-state index < -0.39 is 15.9 Å². The van der Waals surface area contributed by atoms with E-state index >= 15 is 0 Å². The van der Waals surface area contributed by atoms with Crippen LogP contribution >= 0.6 is 0 Å². The average Bonchev–Trinajstić information content (AvgIpc) is 2.94. The molecule has 2 aromatic rings. The Morgan fingerprint density at radius 2 is 2.19 bits per heavy atom. The Bertz CT molecular complexity index is 715. The maximum Gasteiger partial charge on any atom is 0.243 e. The van der Waals surface area contributed by atoms with Crippen molar-refractivity contribution in [3.05, 3.63) is 18.3 Å². The Labute approximate surface area is 121 Å². The molecule has 0 amide bonds. The number of aromatic nitrogens is 4. The topological polar surface area (TPSA) is 134 Å². The highest BCUT2D eigenvalue weighted by molar-refractivity contribution is 7.90. The SMILES string of the molecule is COc1cc(-c2noc(C(N)CCS(C)(=O)=O)n2)ncn1. The number of nitrogens with zero attached hydrogens (tertiary/aromatic N) is 4. The third-order valence-corrected chi connectivity index (χ3v) is 3.62. The highest BCUT2D eigenvalue weighted by Crippen LogP contribution is 2.19. The van der Waals surface area contributed by atoms with Gasteiger partial charge >= 0.3 is 0 Å². The monoisotopic (exact) mass is 313 g/mol. The van der Waals surface area contributed by atoms with Gasteiger partial charge in [0.2, 0.25) is 17.6 Å². The highest BCUT2D eigenvalue weighted by atomic mass is 32.2. The fraction of sp³-hybridized carbons (Fsp3) is 0.455. The summed E-state index contributed by atoms with van der Waals surface area (Å²) in [6.07, 6.45) is 2.66. The zero-order valence-corrected chi connectivity index (χ0v) is 12.4. The molecular formula is C11H15N5O4S. The molecule has 2 N–H and O–H groups in total. The second-order valence-corrected chi connectivity index (χ2v) is 6.69. The summed E-state index contributed by atoms with van der Waals surface area (Å²) < 4.78 is 32.2. The number of ether oxygens (including phenoxy) is 1. The number of hydrogen-bond donors (Lipinski definition) is 1. The zero-order valence-electron chi connectivity index (χ0n) is 11.6. The summed E-state index contributed by atoms with van der Waals surface area (Å²) in [6.45, 7) is 0. The lowest BCUT2D eigenvalue weighted by Gasteiger charge is -2.04. The fourth-order valence-electron chi connectivity index (χ4n) is 1.53. The predicted octanol–water partition coefficient (Wildman–Crippen LogP) is -0.0303. The smallest absolute Gasteiger partial charge is 0.243 e. The average molecular weight is 313 g/mol. The van der Waals surface area contributed by atoms with Crippen molar-refractivity contribution in [2.24, 2.45) is 5.73 Å². The van der Waals surface area contributed by atoms with Crippen LogP contribution in [-0.2, 0) is 9.84 Å². The van der Waals surface area contributed by atoms with Gasteiger partial charge < -0.3 is 15.0 Å². The van der Waals surface area contributed by atoms with Crippen LogP contribution in [0.25, 0.3) is 11.5 Å². The molecule has 2 rings (SSSR count). The maximum atomic E-state index is 11.1. The molecule has 21 heavy (non-hydrogen) atoms. The van der Waals surface area contributed by atoms with Crippen molar-refractivity contribution in [1.29, 1.82) is 0 Å². The van der Waals surface area contributed by atoms with Crippen LogP contribution < -0.4 is 10.5 Å². The third kappa shape index (κ3) is 4.20. The normalized spacial score (nSPS) is 13.1. The highest BCUT2D eigenvalue weighted by Gasteiger charge is 2.18. The number of sulfone groups is 1. The van der Waals surface area contributed by atoms with Gasteiger partial charge in [-0.15, -0.1) is 0 Å². The molecule has 2 heterocycles. The molecular weight excluding hydrogens is 298 g/mol. The molecule has 0 aliphatic heterocycles. The molecule has 0 bridgehead atoms. The van der Waals surface area contributed by atoms with Crippen LogP contribution in [0.4, 0.5) is 0 Å². The first-order valence-electron chi connectivity index (χ1n) is 6.02. The van der Waals surface area contributed by atoms with Gasteiger partial charge in [0.15, 0.2) is 0 Å². The lowest BCUT2D eigenvalue weighted by molar-refractivity contribution is 0.352. The lowest BCUT2D eigenvalue weighted by atomic mass is 10.2. The van der Waals surface area contributed by atoms with Gasteiger partial charge in [-0.1, -0.05) is 5.16 Å². The van der Waals surface area contributed by atoms with Crippen LogP contribution in [0.1, 0.15) is 18.4 Å². The summed E-state index contributed by atoms with van der Waals surface area (Å²) in [7, 11) is -1.61. The van der Waals surface area contributed by atoms with Crippen LogP contribution in [0.15, 0.2) is 16.9 Å². The van der Waals surface area contributed by atoms with Crippen molar-refractivity contribution in [2.45, 2.75) is 12.5 Å². The van der Waals surface area contributed by atoms with Crippen molar-refractivity contribution >= 4 is 9.84 Å². The van der Waals surface area contributed by atoms with Gasteiger partial charge in [0.25, 0.3) is 0 Å². The van der Waals surface area contributed by atoms with Crippen LogP contribution in [0, 0.1) is 0 Å². The quantitative estimate of drug-likeness (QED) is 0.779.